The molecular formula is C75H108F2N8O21. The number of urea groups is 1. The van der Waals surface area contributed by atoms with Crippen LogP contribution in [0.15, 0.2) is 48.1 Å². The molecule has 7 aliphatic rings. The number of aliphatic hydroxyl groups excluding tert-OH is 2. The maximum absolute atomic E-state index is 18.1. The van der Waals surface area contributed by atoms with Gasteiger partial charge in [0.25, 0.3) is 0 Å². The van der Waals surface area contributed by atoms with Gasteiger partial charge >= 0.3 is 24.2 Å². The molecule has 8 amide bonds. The van der Waals surface area contributed by atoms with E-state index in [-0.39, 0.29) is 95.1 Å². The fourth-order valence-corrected chi connectivity index (χ4v) is 16.1. The number of benzene rings is 1. The number of amides is 8. The van der Waals surface area contributed by atoms with Crippen LogP contribution in [0.25, 0.3) is 0 Å². The van der Waals surface area contributed by atoms with E-state index in [1.165, 1.54) is 43.3 Å². The first-order valence-electron chi connectivity index (χ1n) is 37.1. The number of carbonyl (C=O) groups is 10. The Balaban J connectivity index is 0.736. The third kappa shape index (κ3) is 21.0. The molecule has 1 aromatic rings. The van der Waals surface area contributed by atoms with Gasteiger partial charge in [0.15, 0.2) is 29.9 Å². The third-order valence-corrected chi connectivity index (χ3v) is 21.6. The van der Waals surface area contributed by atoms with Crippen LogP contribution >= 0.6 is 0 Å². The Labute approximate surface area is 617 Å². The van der Waals surface area contributed by atoms with Crippen LogP contribution in [0.2, 0.25) is 0 Å². The molecule has 0 aromatic heterocycles. The van der Waals surface area contributed by atoms with Crippen molar-refractivity contribution in [3.63, 3.8) is 0 Å². The van der Waals surface area contributed by atoms with Crippen molar-refractivity contribution in [1.82, 2.24) is 31.9 Å². The van der Waals surface area contributed by atoms with Gasteiger partial charge in [-0.05, 0) is 136 Å². The Morgan fingerprint density at radius 3 is 2.04 bits per heavy atom. The molecule has 1 aliphatic heterocycles. The Morgan fingerprint density at radius 2 is 1.41 bits per heavy atom. The molecule has 6 aliphatic carbocycles. The van der Waals surface area contributed by atoms with E-state index < -0.39 is 161 Å². The number of ketones is 2. The summed E-state index contributed by atoms with van der Waals surface area (Å²) in [7, 11) is 0. The molecule has 1 heterocycles. The van der Waals surface area contributed by atoms with Gasteiger partial charge in [0.05, 0.1) is 78.3 Å². The summed E-state index contributed by atoms with van der Waals surface area (Å²) in [6, 6.07) is -0.0313. The van der Waals surface area contributed by atoms with E-state index in [9.17, 15) is 58.2 Å². The summed E-state index contributed by atoms with van der Waals surface area (Å²) in [5.74, 6) is 0.363. The maximum atomic E-state index is 18.1. The highest BCUT2D eigenvalue weighted by atomic mass is 19.1. The molecular weight excluding hydrogens is 1390 g/mol. The number of hydrogen-bond donors (Lipinski definition) is 10. The average Bonchev–Trinajstić information content (AvgIpc) is 1.34. The molecule has 5 fully saturated rings. The monoisotopic (exact) mass is 1490 g/mol. The number of alkyl carbamates (subject to hydrolysis) is 2. The second-order valence-electron chi connectivity index (χ2n) is 29.6. The number of ether oxygens (including phenoxy) is 9. The van der Waals surface area contributed by atoms with Crippen molar-refractivity contribution in [1.29, 1.82) is 0 Å². The van der Waals surface area contributed by atoms with Crippen LogP contribution in [0.3, 0.4) is 0 Å². The van der Waals surface area contributed by atoms with E-state index in [0.717, 1.165) is 31.8 Å². The highest BCUT2D eigenvalue weighted by molar-refractivity contribution is 6.02. The molecule has 1 unspecified atom stereocenters. The standard InChI is InChI=1S/C75H108F2N8O21/c1-8-14-63-105-61-38-52-53-37-55(76)54-36-48(87)22-24-72(54,6)74(53,77)59(88)39-73(52,7)75(61,106-63)60(89)43-102-68(94)57(35-44(2)3)83-66(92)58(40-86)84-71(97)103-41-46-18-20-47(21-19-46)81-65(91)56(17-13-25-79-69(78)95)82-67(93)64(45(4)5)85-62(90)23-27-98-29-31-100-33-34-101-32-30-99-28-26-80-70(96)104-42-51-49-15-11-9-10-12-16-50(49)51/h18-22,24,36,44-45,49-53,55-59,61,63-64,86,88H,8,11-17,23,25-35,37-43H2,1-7H3,(H,80,96)(H,81,91)(H,82,93)(H,83,92)(H,84,97)(H,85,90)(H3,78,79,95)/t49-,50+,51-,52-,53-,55-,56-,57-,58-,59-,61+,63?,64-,72-,73-,74-,75+/m0/s1. The number of halogens is 2. The minimum Gasteiger partial charge on any atom is -0.456 e. The van der Waals surface area contributed by atoms with Gasteiger partial charge in [0, 0.05) is 54.8 Å². The lowest BCUT2D eigenvalue weighted by atomic mass is 9.44. The van der Waals surface area contributed by atoms with Gasteiger partial charge in [-0.15, -0.1) is 11.8 Å². The van der Waals surface area contributed by atoms with Gasteiger partial charge in [0.2, 0.25) is 29.4 Å². The lowest BCUT2D eigenvalue weighted by molar-refractivity contribution is -0.235. The van der Waals surface area contributed by atoms with E-state index in [2.05, 4.69) is 49.1 Å². The largest absolute Gasteiger partial charge is 0.456 e. The van der Waals surface area contributed by atoms with Crippen LogP contribution in [-0.4, -0.2) is 215 Å². The molecule has 29 nitrogen and oxygen atoms in total. The van der Waals surface area contributed by atoms with Crippen molar-refractivity contribution < 1.29 is 110 Å². The van der Waals surface area contributed by atoms with Gasteiger partial charge in [-0.1, -0.05) is 66.2 Å². The second kappa shape index (κ2) is 38.9. The van der Waals surface area contributed by atoms with E-state index >= 15 is 8.78 Å². The number of anilines is 1. The van der Waals surface area contributed by atoms with Gasteiger partial charge in [-0.25, -0.2) is 28.0 Å². The number of hydrogen-bond acceptors (Lipinski definition) is 21. The van der Waals surface area contributed by atoms with E-state index in [4.69, 9.17) is 48.4 Å². The normalized spacial score (nSPS) is 28.4. The Kier molecular flexibility index (Phi) is 30.8. The zero-order valence-electron chi connectivity index (χ0n) is 61.8. The number of primary amides is 1. The van der Waals surface area contributed by atoms with Crippen LogP contribution in [0.1, 0.15) is 138 Å². The fraction of sp³-hybridized carbons (Fsp3) is 0.707. The number of nitrogens with one attached hydrogen (secondary N) is 7. The minimum atomic E-state index is -2.45. The summed E-state index contributed by atoms with van der Waals surface area (Å²) in [6.45, 7) is 12.7. The molecule has 588 valence electrons. The number of rotatable bonds is 41. The van der Waals surface area contributed by atoms with Gasteiger partial charge in [-0.2, -0.15) is 0 Å². The molecule has 11 N–H and O–H groups in total. The molecule has 1 saturated heterocycles. The van der Waals surface area contributed by atoms with Gasteiger partial charge in [-0.3, -0.25) is 28.8 Å². The summed E-state index contributed by atoms with van der Waals surface area (Å²) >= 11 is 0. The lowest BCUT2D eigenvalue weighted by Gasteiger charge is -2.63. The Bertz CT molecular complexity index is 3350. The van der Waals surface area contributed by atoms with Crippen molar-refractivity contribution in [3.8, 4) is 11.8 Å². The highest BCUT2D eigenvalue weighted by Crippen LogP contribution is 2.72. The number of carbonyl (C=O) groups excluding carboxylic acids is 10. The van der Waals surface area contributed by atoms with Crippen molar-refractivity contribution >= 4 is 65.1 Å². The number of nitrogens with two attached hydrogens (primary N) is 1. The summed E-state index contributed by atoms with van der Waals surface area (Å²) in [4.78, 5) is 132. The molecule has 106 heavy (non-hydrogen) atoms. The fourth-order valence-electron chi connectivity index (χ4n) is 16.1. The minimum absolute atomic E-state index is 0.0195. The van der Waals surface area contributed by atoms with E-state index in [1.807, 2.05) is 6.92 Å². The third-order valence-electron chi connectivity index (χ3n) is 21.6. The first-order valence-corrected chi connectivity index (χ1v) is 37.1. The SMILES string of the molecule is CCCC1O[C@@H]2C[C@H]3[C@@H]4C[C@H](F)C5=CC(=O)C=C[C@]5(C)[C@@]4(F)[C@@H](O)C[C@]3(C)[C@]2(C(=O)COC(=O)[C@H](CC(C)C)NC(=O)[C@H](CO)NC(=O)OCc2ccc(NC(=O)[C@H](CCCNC(N)=O)NC(=O)[C@@H](NC(=O)CCOCCOCCOCCOCCNC(=O)OC[C@@H]3[C@@H]4CCC#CCC[C@@H]43)C(C)C)cc2)O1. The molecule has 0 spiro atoms. The van der Waals surface area contributed by atoms with Crippen LogP contribution in [0, 0.1) is 64.1 Å². The first-order chi connectivity index (χ1) is 50.6. The molecule has 31 heteroatoms. The van der Waals surface area contributed by atoms with Crippen molar-refractivity contribution in [2.45, 2.75) is 199 Å². The van der Waals surface area contributed by atoms with Gasteiger partial charge in [0.1, 0.15) is 36.9 Å². The zero-order chi connectivity index (χ0) is 76.9. The van der Waals surface area contributed by atoms with Crippen LogP contribution in [0.5, 0.6) is 0 Å². The van der Waals surface area contributed by atoms with E-state index in [1.54, 1.807) is 34.6 Å². The molecule has 1 aromatic carbocycles. The zero-order valence-corrected chi connectivity index (χ0v) is 61.8. The van der Waals surface area contributed by atoms with Gasteiger partial charge < -0.3 is 95.8 Å². The highest BCUT2D eigenvalue weighted by Gasteiger charge is 2.80. The van der Waals surface area contributed by atoms with Crippen molar-refractivity contribution in [3.05, 3.63) is 53.6 Å². The number of Topliss-reactive ketones (excluding diaryl/α,β-unsaturated/α-hetero) is 1. The van der Waals surface area contributed by atoms with Crippen molar-refractivity contribution in [2.24, 2.45) is 58.0 Å². The lowest BCUT2D eigenvalue weighted by Crippen LogP contribution is -2.71. The summed E-state index contributed by atoms with van der Waals surface area (Å²) < 4.78 is 85.8. The smallest absolute Gasteiger partial charge is 0.408 e. The molecule has 17 atom stereocenters. The van der Waals surface area contributed by atoms with E-state index in [0.29, 0.717) is 82.3 Å². The van der Waals surface area contributed by atoms with Crippen LogP contribution in [0.4, 0.5) is 28.9 Å². The maximum Gasteiger partial charge on any atom is 0.408 e. The predicted molar refractivity (Wildman–Crippen MR) is 377 cm³/mol. The number of fused-ring (bicyclic) bond motifs is 8. The van der Waals surface area contributed by atoms with Crippen molar-refractivity contribution in [2.75, 3.05) is 91.1 Å². The molecule has 0 radical (unpaired) electrons. The summed E-state index contributed by atoms with van der Waals surface area (Å²) in [6.07, 6.45) is 1.06. The molecule has 4 saturated carbocycles. The number of aliphatic hydroxyl groups is 2. The topological polar surface area (TPSA) is 404 Å². The number of alkyl halides is 2. The first kappa shape index (κ1) is 83.9. The second-order valence-corrected chi connectivity index (χ2v) is 29.6. The average molecular weight is 1500 g/mol. The Morgan fingerprint density at radius 1 is 0.755 bits per heavy atom. The molecule has 8 rings (SSSR count). The quantitative estimate of drug-likeness (QED) is 0.0183. The Hall–Kier alpha value is -7.70. The summed E-state index contributed by atoms with van der Waals surface area (Å²) in [5.41, 5.74) is -1.51. The summed E-state index contributed by atoms with van der Waals surface area (Å²) in [5, 5.41) is 40.4. The predicted octanol–water partition coefficient (Wildman–Crippen LogP) is 4.76. The number of esters is 1. The van der Waals surface area contributed by atoms with Crippen LogP contribution in [-0.2, 0) is 82.8 Å². The molecule has 0 bridgehead atoms. The van der Waals surface area contributed by atoms with Crippen LogP contribution < -0.4 is 43.0 Å². The number of allylic oxidation sites excluding steroid dienone is 4.